The molecule has 0 aliphatic rings. The smallest absolute Gasteiger partial charge is 0.161 e. The quantitative estimate of drug-likeness (QED) is 0.470. The highest BCUT2D eigenvalue weighted by molar-refractivity contribution is 5.80. The van der Waals surface area contributed by atoms with Gasteiger partial charge in [-0.15, -0.1) is 0 Å². The van der Waals surface area contributed by atoms with E-state index in [2.05, 4.69) is 5.16 Å². The van der Waals surface area contributed by atoms with Crippen LogP contribution in [0.15, 0.2) is 23.4 Å². The number of benzene rings is 1. The fraction of sp³-hybridized carbons (Fsp3) is 0.364. The van der Waals surface area contributed by atoms with Crippen molar-refractivity contribution in [1.29, 1.82) is 0 Å². The largest absolute Gasteiger partial charge is 0.493 e. The van der Waals surface area contributed by atoms with Gasteiger partial charge in [-0.1, -0.05) is 5.16 Å². The number of nitrogens with zero attached hydrogens (tertiary/aromatic N) is 1. The minimum atomic E-state index is 0.0938. The Morgan fingerprint density at radius 1 is 1.33 bits per heavy atom. The molecule has 1 aromatic rings. The van der Waals surface area contributed by atoms with E-state index in [9.17, 15) is 0 Å². The topological polar surface area (TPSA) is 51.0 Å². The van der Waals surface area contributed by atoms with E-state index in [1.165, 1.54) is 6.21 Å². The van der Waals surface area contributed by atoms with Gasteiger partial charge in [-0.2, -0.15) is 0 Å². The molecule has 0 atom stereocenters. The van der Waals surface area contributed by atoms with Gasteiger partial charge in [0.1, 0.15) is 0 Å². The number of hydrogen-bond donors (Lipinski definition) is 1. The summed E-state index contributed by atoms with van der Waals surface area (Å²) < 4.78 is 10.7. The van der Waals surface area contributed by atoms with Crippen molar-refractivity contribution in [3.63, 3.8) is 0 Å². The maximum atomic E-state index is 8.40. The Morgan fingerprint density at radius 3 is 2.60 bits per heavy atom. The van der Waals surface area contributed by atoms with Gasteiger partial charge in [0.15, 0.2) is 11.5 Å². The summed E-state index contributed by atoms with van der Waals surface area (Å²) in [4.78, 5) is 0. The van der Waals surface area contributed by atoms with Gasteiger partial charge >= 0.3 is 0 Å². The Kier molecular flexibility index (Phi) is 3.97. The van der Waals surface area contributed by atoms with Gasteiger partial charge in [-0.05, 0) is 32.0 Å². The zero-order valence-electron chi connectivity index (χ0n) is 9.10. The number of rotatable bonds is 4. The van der Waals surface area contributed by atoms with Crippen LogP contribution in [0.1, 0.15) is 19.4 Å². The van der Waals surface area contributed by atoms with E-state index in [1.807, 2.05) is 13.8 Å². The van der Waals surface area contributed by atoms with Crippen LogP contribution >= 0.6 is 0 Å². The predicted octanol–water partition coefficient (Wildman–Crippen LogP) is 2.29. The van der Waals surface area contributed by atoms with Gasteiger partial charge < -0.3 is 14.7 Å². The van der Waals surface area contributed by atoms with Crippen molar-refractivity contribution < 1.29 is 14.7 Å². The molecule has 0 aliphatic heterocycles. The van der Waals surface area contributed by atoms with Crippen LogP contribution in [0.4, 0.5) is 0 Å². The van der Waals surface area contributed by atoms with E-state index in [4.69, 9.17) is 14.7 Å². The normalized spacial score (nSPS) is 10.9. The van der Waals surface area contributed by atoms with E-state index in [-0.39, 0.29) is 6.10 Å². The summed E-state index contributed by atoms with van der Waals surface area (Å²) in [5.74, 6) is 1.31. The Morgan fingerprint density at radius 2 is 2.07 bits per heavy atom. The third-order valence-corrected chi connectivity index (χ3v) is 1.76. The maximum Gasteiger partial charge on any atom is 0.161 e. The molecule has 0 radical (unpaired) electrons. The van der Waals surface area contributed by atoms with Gasteiger partial charge in [0.05, 0.1) is 19.4 Å². The van der Waals surface area contributed by atoms with Crippen LogP contribution < -0.4 is 9.47 Å². The molecule has 0 heterocycles. The standard InChI is InChI=1S/C11H15NO3/c1-8(2)15-10-5-4-9(7-12-13)6-11(10)14-3/h4-8,13H,1-3H3. The molecule has 1 N–H and O–H groups in total. The highest BCUT2D eigenvalue weighted by Gasteiger charge is 2.06. The van der Waals surface area contributed by atoms with Gasteiger partial charge in [0.2, 0.25) is 0 Å². The molecule has 0 spiro atoms. The SMILES string of the molecule is COc1cc(C=NO)ccc1OC(C)C. The van der Waals surface area contributed by atoms with Crippen molar-refractivity contribution in [1.82, 2.24) is 0 Å². The zero-order valence-corrected chi connectivity index (χ0v) is 9.10. The van der Waals surface area contributed by atoms with Crippen LogP contribution in [0.25, 0.3) is 0 Å². The third kappa shape index (κ3) is 3.16. The molecule has 0 amide bonds. The van der Waals surface area contributed by atoms with Crippen LogP contribution in [0.3, 0.4) is 0 Å². The van der Waals surface area contributed by atoms with E-state index in [1.54, 1.807) is 25.3 Å². The number of hydrogen-bond acceptors (Lipinski definition) is 4. The Bertz CT molecular complexity index is 348. The van der Waals surface area contributed by atoms with Crippen molar-refractivity contribution in [2.24, 2.45) is 5.16 Å². The molecular formula is C11H15NO3. The highest BCUT2D eigenvalue weighted by Crippen LogP contribution is 2.28. The number of methoxy groups -OCH3 is 1. The molecule has 0 aromatic heterocycles. The third-order valence-electron chi connectivity index (χ3n) is 1.76. The molecule has 0 saturated heterocycles. The number of ether oxygens (including phenoxy) is 2. The van der Waals surface area contributed by atoms with Crippen molar-refractivity contribution in [2.45, 2.75) is 20.0 Å². The molecule has 4 heteroatoms. The first-order chi connectivity index (χ1) is 7.17. The van der Waals surface area contributed by atoms with Gasteiger partial charge in [0.25, 0.3) is 0 Å². The minimum absolute atomic E-state index is 0.0938. The molecule has 0 fully saturated rings. The lowest BCUT2D eigenvalue weighted by atomic mass is 10.2. The molecule has 0 bridgehead atoms. The van der Waals surface area contributed by atoms with Gasteiger partial charge in [0, 0.05) is 5.56 Å². The molecule has 82 valence electrons. The summed E-state index contributed by atoms with van der Waals surface area (Å²) in [7, 11) is 1.57. The number of oxime groups is 1. The molecule has 0 unspecified atom stereocenters. The molecule has 0 saturated carbocycles. The molecule has 4 nitrogen and oxygen atoms in total. The summed E-state index contributed by atoms with van der Waals surface area (Å²) in [6, 6.07) is 5.33. The maximum absolute atomic E-state index is 8.40. The second-order valence-electron chi connectivity index (χ2n) is 3.32. The van der Waals surface area contributed by atoms with Crippen LogP contribution in [-0.4, -0.2) is 24.6 Å². The van der Waals surface area contributed by atoms with Crippen molar-refractivity contribution in [3.05, 3.63) is 23.8 Å². The van der Waals surface area contributed by atoms with Crippen LogP contribution in [0, 0.1) is 0 Å². The lowest BCUT2D eigenvalue weighted by Gasteiger charge is -2.13. The van der Waals surface area contributed by atoms with E-state index < -0.39 is 0 Å². The summed E-state index contributed by atoms with van der Waals surface area (Å²) in [6.45, 7) is 3.89. The first-order valence-corrected chi connectivity index (χ1v) is 4.69. The highest BCUT2D eigenvalue weighted by atomic mass is 16.5. The van der Waals surface area contributed by atoms with Crippen molar-refractivity contribution >= 4 is 6.21 Å². The van der Waals surface area contributed by atoms with Crippen molar-refractivity contribution in [2.75, 3.05) is 7.11 Å². The first-order valence-electron chi connectivity index (χ1n) is 4.69. The minimum Gasteiger partial charge on any atom is -0.493 e. The van der Waals surface area contributed by atoms with E-state index in [0.717, 1.165) is 5.56 Å². The average molecular weight is 209 g/mol. The lowest BCUT2D eigenvalue weighted by molar-refractivity contribution is 0.230. The molecule has 1 aromatic carbocycles. The fourth-order valence-electron chi connectivity index (χ4n) is 1.18. The summed E-state index contributed by atoms with van der Waals surface area (Å²) in [6.07, 6.45) is 1.43. The van der Waals surface area contributed by atoms with Gasteiger partial charge in [-0.25, -0.2) is 0 Å². The summed E-state index contributed by atoms with van der Waals surface area (Å²) in [5, 5.41) is 11.3. The Hall–Kier alpha value is -1.71. The van der Waals surface area contributed by atoms with E-state index >= 15 is 0 Å². The molecule has 0 aliphatic carbocycles. The second-order valence-corrected chi connectivity index (χ2v) is 3.32. The van der Waals surface area contributed by atoms with Crippen LogP contribution in [0.2, 0.25) is 0 Å². The Labute approximate surface area is 89.1 Å². The monoisotopic (exact) mass is 209 g/mol. The molecule has 1 rings (SSSR count). The predicted molar refractivity (Wildman–Crippen MR) is 58.1 cm³/mol. The van der Waals surface area contributed by atoms with E-state index in [0.29, 0.717) is 11.5 Å². The van der Waals surface area contributed by atoms with Crippen LogP contribution in [0.5, 0.6) is 11.5 Å². The molecular weight excluding hydrogens is 194 g/mol. The second kappa shape index (κ2) is 5.24. The average Bonchev–Trinajstić information content (AvgIpc) is 2.20. The lowest BCUT2D eigenvalue weighted by Crippen LogP contribution is -2.06. The fourth-order valence-corrected chi connectivity index (χ4v) is 1.18. The summed E-state index contributed by atoms with van der Waals surface area (Å²) >= 11 is 0. The van der Waals surface area contributed by atoms with Crippen LogP contribution in [-0.2, 0) is 0 Å². The molecule has 15 heavy (non-hydrogen) atoms. The van der Waals surface area contributed by atoms with Gasteiger partial charge in [-0.3, -0.25) is 0 Å². The summed E-state index contributed by atoms with van der Waals surface area (Å²) in [5.41, 5.74) is 0.755. The van der Waals surface area contributed by atoms with Crippen molar-refractivity contribution in [3.8, 4) is 11.5 Å². The Balaban J connectivity index is 2.98. The zero-order chi connectivity index (χ0) is 11.3. The first kappa shape index (κ1) is 11.4.